The van der Waals surface area contributed by atoms with E-state index in [4.69, 9.17) is 4.98 Å². The summed E-state index contributed by atoms with van der Waals surface area (Å²) in [6.45, 7) is 1.56. The third-order valence-corrected chi connectivity index (χ3v) is 7.79. The van der Waals surface area contributed by atoms with Crippen molar-refractivity contribution in [2.24, 2.45) is 0 Å². The summed E-state index contributed by atoms with van der Waals surface area (Å²) < 4.78 is 63.3. The number of nitrogens with zero attached hydrogens (tertiary/aromatic N) is 3. The lowest BCUT2D eigenvalue weighted by molar-refractivity contribution is -0.137. The van der Waals surface area contributed by atoms with Gasteiger partial charge in [0, 0.05) is 23.2 Å². The maximum Gasteiger partial charge on any atom is 0.416 e. The van der Waals surface area contributed by atoms with Crippen molar-refractivity contribution in [2.75, 3.05) is 38.8 Å². The number of aromatic nitrogens is 2. The van der Waals surface area contributed by atoms with Crippen LogP contribution in [0.1, 0.15) is 12.0 Å². The van der Waals surface area contributed by atoms with Crippen LogP contribution in [0.5, 0.6) is 0 Å². The smallest absolute Gasteiger partial charge is 0.369 e. The number of thiophene rings is 1. The Morgan fingerprint density at radius 1 is 0.972 bits per heavy atom. The molecule has 2 heterocycles. The summed E-state index contributed by atoms with van der Waals surface area (Å²) in [5.41, 5.74) is 1.27. The number of sulfone groups is 1. The molecule has 1 N–H and O–H groups in total. The zero-order chi connectivity index (χ0) is 26.1. The quantitative estimate of drug-likeness (QED) is 0.288. The number of benzene rings is 2. The summed E-state index contributed by atoms with van der Waals surface area (Å²) in [7, 11) is 0.661. The molecule has 0 unspecified atom stereocenters. The van der Waals surface area contributed by atoms with Gasteiger partial charge in [-0.3, -0.25) is 0 Å². The number of nitrogens with one attached hydrogen (secondary N) is 1. The van der Waals surface area contributed by atoms with E-state index in [0.717, 1.165) is 40.9 Å². The third kappa shape index (κ3) is 6.03. The Labute approximate surface area is 211 Å². The Kier molecular flexibility index (Phi) is 7.35. The van der Waals surface area contributed by atoms with Crippen LogP contribution in [0.4, 0.5) is 19.0 Å². The molecule has 0 fully saturated rings. The standard InChI is InChI=1S/C25H25F3N4O2S2/c1-32(2)14-4-13-29-24-22-20(15-21(35-22)16-5-9-18(10-6-16)25(26,27)28)30-23(31-24)17-7-11-19(12-8-17)36(3,33)34/h5-12,15H,4,13-14H2,1-3H3,(H,29,30,31). The van der Waals surface area contributed by atoms with Gasteiger partial charge in [0.1, 0.15) is 5.82 Å². The topological polar surface area (TPSA) is 75.2 Å². The van der Waals surface area contributed by atoms with Gasteiger partial charge in [0.25, 0.3) is 0 Å². The normalized spacial score (nSPS) is 12.4. The molecule has 4 aromatic rings. The number of rotatable bonds is 8. The van der Waals surface area contributed by atoms with Crippen molar-refractivity contribution in [1.82, 2.24) is 14.9 Å². The lowest BCUT2D eigenvalue weighted by atomic mass is 10.1. The van der Waals surface area contributed by atoms with E-state index in [-0.39, 0.29) is 4.90 Å². The molecule has 0 bridgehead atoms. The van der Waals surface area contributed by atoms with E-state index in [1.807, 2.05) is 20.2 Å². The van der Waals surface area contributed by atoms with Crippen LogP contribution in [-0.2, 0) is 16.0 Å². The molecule has 0 saturated heterocycles. The Morgan fingerprint density at radius 3 is 2.19 bits per heavy atom. The highest BCUT2D eigenvalue weighted by Gasteiger charge is 2.30. The minimum Gasteiger partial charge on any atom is -0.369 e. The number of anilines is 1. The molecule has 0 saturated carbocycles. The number of alkyl halides is 3. The van der Waals surface area contributed by atoms with Gasteiger partial charge in [0.15, 0.2) is 15.7 Å². The zero-order valence-corrected chi connectivity index (χ0v) is 21.6. The van der Waals surface area contributed by atoms with E-state index < -0.39 is 21.6 Å². The van der Waals surface area contributed by atoms with Gasteiger partial charge < -0.3 is 10.2 Å². The highest BCUT2D eigenvalue weighted by Crippen LogP contribution is 2.38. The summed E-state index contributed by atoms with van der Waals surface area (Å²) >= 11 is 1.41. The van der Waals surface area contributed by atoms with Crippen molar-refractivity contribution >= 4 is 37.2 Å². The Balaban J connectivity index is 1.73. The maximum atomic E-state index is 13.0. The highest BCUT2D eigenvalue weighted by molar-refractivity contribution is 7.90. The summed E-state index contributed by atoms with van der Waals surface area (Å²) in [5.74, 6) is 1.05. The second-order valence-electron chi connectivity index (χ2n) is 8.68. The average molecular weight is 535 g/mol. The van der Waals surface area contributed by atoms with Crippen molar-refractivity contribution in [3.63, 3.8) is 0 Å². The predicted octanol–water partition coefficient (Wildman–Crippen LogP) is 5.81. The van der Waals surface area contributed by atoms with Crippen LogP contribution in [0, 0.1) is 0 Å². The van der Waals surface area contributed by atoms with E-state index in [1.165, 1.54) is 35.6 Å². The van der Waals surface area contributed by atoms with Crippen LogP contribution < -0.4 is 5.32 Å². The molecule has 2 aromatic heterocycles. The van der Waals surface area contributed by atoms with Crippen molar-refractivity contribution in [2.45, 2.75) is 17.5 Å². The molecule has 0 spiro atoms. The number of halogens is 3. The first-order valence-corrected chi connectivity index (χ1v) is 13.8. The summed E-state index contributed by atoms with van der Waals surface area (Å²) in [6.07, 6.45) is -2.36. The number of hydrogen-bond donors (Lipinski definition) is 1. The van der Waals surface area contributed by atoms with Crippen LogP contribution in [0.2, 0.25) is 0 Å². The zero-order valence-electron chi connectivity index (χ0n) is 19.9. The van der Waals surface area contributed by atoms with Crippen molar-refractivity contribution in [3.8, 4) is 21.8 Å². The van der Waals surface area contributed by atoms with Gasteiger partial charge in [0.2, 0.25) is 0 Å². The Morgan fingerprint density at radius 2 is 1.61 bits per heavy atom. The highest BCUT2D eigenvalue weighted by atomic mass is 32.2. The van der Waals surface area contributed by atoms with Gasteiger partial charge in [-0.05, 0) is 75.1 Å². The molecular formula is C25H25F3N4O2S2. The summed E-state index contributed by atoms with van der Waals surface area (Å²) in [4.78, 5) is 12.4. The molecule has 4 rings (SSSR count). The second kappa shape index (κ2) is 10.2. The number of hydrogen-bond acceptors (Lipinski definition) is 7. The minimum atomic E-state index is -4.39. The van der Waals surface area contributed by atoms with Crippen LogP contribution in [0.25, 0.3) is 32.0 Å². The molecule has 0 aliphatic heterocycles. The molecular weight excluding hydrogens is 509 g/mol. The monoisotopic (exact) mass is 534 g/mol. The summed E-state index contributed by atoms with van der Waals surface area (Å²) in [6, 6.07) is 13.2. The van der Waals surface area contributed by atoms with E-state index >= 15 is 0 Å². The molecule has 0 atom stereocenters. The van der Waals surface area contributed by atoms with Crippen molar-refractivity contribution in [1.29, 1.82) is 0 Å². The number of fused-ring (bicyclic) bond motifs is 1. The molecule has 2 aromatic carbocycles. The largest absolute Gasteiger partial charge is 0.416 e. The molecule has 36 heavy (non-hydrogen) atoms. The van der Waals surface area contributed by atoms with Crippen LogP contribution >= 0.6 is 11.3 Å². The van der Waals surface area contributed by atoms with E-state index in [2.05, 4.69) is 15.2 Å². The molecule has 0 radical (unpaired) electrons. The molecule has 0 amide bonds. The second-order valence-corrected chi connectivity index (χ2v) is 11.7. The van der Waals surface area contributed by atoms with Crippen LogP contribution in [0.15, 0.2) is 59.5 Å². The average Bonchev–Trinajstić information content (AvgIpc) is 3.25. The molecule has 6 nitrogen and oxygen atoms in total. The first kappa shape index (κ1) is 26.1. The molecule has 11 heteroatoms. The molecule has 0 aliphatic carbocycles. The van der Waals surface area contributed by atoms with Crippen LogP contribution in [-0.4, -0.2) is 56.7 Å². The fraction of sp³-hybridized carbons (Fsp3) is 0.280. The minimum absolute atomic E-state index is 0.203. The van der Waals surface area contributed by atoms with Gasteiger partial charge in [-0.15, -0.1) is 11.3 Å². The molecule has 0 aliphatic rings. The third-order valence-electron chi connectivity index (χ3n) is 5.48. The van der Waals surface area contributed by atoms with E-state index in [9.17, 15) is 21.6 Å². The lowest BCUT2D eigenvalue weighted by Gasteiger charge is -2.11. The fourth-order valence-electron chi connectivity index (χ4n) is 3.60. The van der Waals surface area contributed by atoms with Gasteiger partial charge >= 0.3 is 6.18 Å². The van der Waals surface area contributed by atoms with Crippen molar-refractivity contribution in [3.05, 3.63) is 60.2 Å². The summed E-state index contributed by atoms with van der Waals surface area (Å²) in [5, 5.41) is 3.37. The predicted molar refractivity (Wildman–Crippen MR) is 138 cm³/mol. The SMILES string of the molecule is CN(C)CCCNc1nc(-c2ccc(S(C)(=O)=O)cc2)nc2cc(-c3ccc(C(F)(F)F)cc3)sc12. The van der Waals surface area contributed by atoms with Gasteiger partial charge in [0.05, 0.1) is 20.7 Å². The van der Waals surface area contributed by atoms with Gasteiger partial charge in [-0.1, -0.05) is 12.1 Å². The van der Waals surface area contributed by atoms with Crippen molar-refractivity contribution < 1.29 is 21.6 Å². The lowest BCUT2D eigenvalue weighted by Crippen LogP contribution is -2.16. The first-order valence-electron chi connectivity index (χ1n) is 11.1. The van der Waals surface area contributed by atoms with Gasteiger partial charge in [-0.2, -0.15) is 13.2 Å². The maximum absolute atomic E-state index is 13.0. The van der Waals surface area contributed by atoms with Gasteiger partial charge in [-0.25, -0.2) is 18.4 Å². The Bertz CT molecular complexity index is 1460. The van der Waals surface area contributed by atoms with E-state index in [1.54, 1.807) is 12.1 Å². The molecule has 190 valence electrons. The fourth-order valence-corrected chi connectivity index (χ4v) is 5.30. The first-order chi connectivity index (χ1) is 16.9. The van der Waals surface area contributed by atoms with Crippen LogP contribution in [0.3, 0.4) is 0 Å². The van der Waals surface area contributed by atoms with E-state index in [0.29, 0.717) is 34.8 Å². The Hall–Kier alpha value is -3.02.